The summed E-state index contributed by atoms with van der Waals surface area (Å²) >= 11 is 6.61. The Morgan fingerprint density at radius 2 is 2.07 bits per heavy atom. The molecule has 30 heavy (non-hydrogen) atoms. The number of aromatic amines is 1. The van der Waals surface area contributed by atoms with E-state index < -0.39 is 0 Å². The monoisotopic (exact) mass is 422 g/mol. The lowest BCUT2D eigenvalue weighted by atomic mass is 9.89. The van der Waals surface area contributed by atoms with Crippen molar-refractivity contribution < 1.29 is 4.74 Å². The van der Waals surface area contributed by atoms with Crippen LogP contribution in [0.2, 0.25) is 5.15 Å². The number of hydrogen-bond acceptors (Lipinski definition) is 6. The Bertz CT molecular complexity index is 1130. The molecule has 0 atom stereocenters. The molecule has 1 aromatic carbocycles. The average molecular weight is 423 g/mol. The lowest BCUT2D eigenvalue weighted by Gasteiger charge is -2.47. The van der Waals surface area contributed by atoms with E-state index in [0.29, 0.717) is 23.0 Å². The highest BCUT2D eigenvalue weighted by Gasteiger charge is 2.40. The van der Waals surface area contributed by atoms with Gasteiger partial charge in [-0.1, -0.05) is 23.7 Å². The topological polar surface area (TPSA) is 81.1 Å². The highest BCUT2D eigenvalue weighted by molar-refractivity contribution is 6.35. The van der Waals surface area contributed by atoms with Gasteiger partial charge in [0.2, 0.25) is 0 Å². The van der Waals surface area contributed by atoms with Crippen molar-refractivity contribution in [3.05, 3.63) is 41.3 Å². The van der Waals surface area contributed by atoms with Crippen LogP contribution in [0.3, 0.4) is 0 Å². The zero-order chi connectivity index (χ0) is 20.7. The fraction of sp³-hybridized carbons (Fsp3) is 0.409. The number of nitriles is 1. The van der Waals surface area contributed by atoms with Gasteiger partial charge in [0.05, 0.1) is 29.2 Å². The van der Waals surface area contributed by atoms with Crippen molar-refractivity contribution in [2.75, 3.05) is 44.7 Å². The van der Waals surface area contributed by atoms with Crippen molar-refractivity contribution in [1.29, 1.82) is 5.26 Å². The number of benzene rings is 1. The van der Waals surface area contributed by atoms with Crippen molar-refractivity contribution in [3.63, 3.8) is 0 Å². The van der Waals surface area contributed by atoms with Crippen molar-refractivity contribution in [2.24, 2.45) is 0 Å². The lowest BCUT2D eigenvalue weighted by Crippen LogP contribution is -2.56. The van der Waals surface area contributed by atoms with E-state index in [1.54, 1.807) is 12.4 Å². The Morgan fingerprint density at radius 1 is 1.23 bits per heavy atom. The molecular weight excluding hydrogens is 400 g/mol. The van der Waals surface area contributed by atoms with E-state index >= 15 is 0 Å². The van der Waals surface area contributed by atoms with Gasteiger partial charge in [-0.25, -0.2) is 9.97 Å². The third-order valence-corrected chi connectivity index (χ3v) is 6.54. The molecule has 1 N–H and O–H groups in total. The normalized spacial score (nSPS) is 19.3. The number of nitrogens with zero attached hydrogens (tertiary/aromatic N) is 5. The molecule has 4 heterocycles. The summed E-state index contributed by atoms with van der Waals surface area (Å²) in [6.45, 7) is 4.31. The molecule has 0 saturated carbocycles. The van der Waals surface area contributed by atoms with Crippen LogP contribution in [0.4, 0.5) is 5.82 Å². The molecule has 7 nitrogen and oxygen atoms in total. The number of H-pyrrole nitrogens is 1. The van der Waals surface area contributed by atoms with Gasteiger partial charge < -0.3 is 19.5 Å². The van der Waals surface area contributed by atoms with E-state index in [-0.39, 0.29) is 5.60 Å². The molecule has 154 valence electrons. The van der Waals surface area contributed by atoms with Crippen LogP contribution in [0.15, 0.2) is 30.6 Å². The van der Waals surface area contributed by atoms with Gasteiger partial charge in [0.15, 0.2) is 0 Å². The van der Waals surface area contributed by atoms with Crippen LogP contribution in [0.5, 0.6) is 0 Å². The molecule has 3 aromatic rings. The second-order valence-corrected chi connectivity index (χ2v) is 8.56. The Labute approximate surface area is 180 Å². The maximum absolute atomic E-state index is 9.32. The van der Waals surface area contributed by atoms with Crippen LogP contribution in [-0.4, -0.2) is 65.3 Å². The molecule has 0 radical (unpaired) electrons. The largest absolute Gasteiger partial charge is 0.371 e. The van der Waals surface area contributed by atoms with E-state index in [2.05, 4.69) is 37.9 Å². The van der Waals surface area contributed by atoms with Gasteiger partial charge in [0, 0.05) is 31.7 Å². The predicted molar refractivity (Wildman–Crippen MR) is 117 cm³/mol. The highest BCUT2D eigenvalue weighted by atomic mass is 35.5. The molecule has 5 rings (SSSR count). The Kier molecular flexibility index (Phi) is 4.86. The Morgan fingerprint density at radius 3 is 2.87 bits per heavy atom. The van der Waals surface area contributed by atoms with Crippen molar-refractivity contribution in [3.8, 4) is 17.2 Å². The molecular formula is C22H23ClN6O. The maximum atomic E-state index is 9.32. The van der Waals surface area contributed by atoms with Gasteiger partial charge in [-0.2, -0.15) is 5.26 Å². The second-order valence-electron chi connectivity index (χ2n) is 8.18. The standard InChI is InChI=1S/C22H23ClN6O/c1-28-7-5-22(6-8-28)13-29(9-10-30-22)21-18-17(16-4-2-3-15(11-16)12-24)19(23)27-20(18)25-14-26-21/h2-4,11,14H,5-10,13H2,1H3,(H,25,26,27). The summed E-state index contributed by atoms with van der Waals surface area (Å²) in [5, 5.41) is 10.7. The molecule has 2 aliphatic heterocycles. The first-order chi connectivity index (χ1) is 14.6. The molecule has 2 fully saturated rings. The number of likely N-dealkylation sites (tertiary alicyclic amines) is 1. The van der Waals surface area contributed by atoms with Crippen LogP contribution in [0, 0.1) is 11.3 Å². The molecule has 8 heteroatoms. The molecule has 2 saturated heterocycles. The first kappa shape index (κ1) is 19.3. The zero-order valence-corrected chi connectivity index (χ0v) is 17.6. The molecule has 2 aromatic heterocycles. The van der Waals surface area contributed by atoms with Crippen molar-refractivity contribution in [1.82, 2.24) is 19.9 Å². The molecule has 0 unspecified atom stereocenters. The Hall–Kier alpha value is -2.66. The van der Waals surface area contributed by atoms with E-state index in [4.69, 9.17) is 16.3 Å². The zero-order valence-electron chi connectivity index (χ0n) is 16.9. The van der Waals surface area contributed by atoms with Gasteiger partial charge in [0.25, 0.3) is 0 Å². The molecule has 1 spiro atoms. The van der Waals surface area contributed by atoms with E-state index in [9.17, 15) is 5.26 Å². The molecule has 0 amide bonds. The van der Waals surface area contributed by atoms with Crippen molar-refractivity contribution in [2.45, 2.75) is 18.4 Å². The number of halogens is 1. The maximum Gasteiger partial charge on any atom is 0.144 e. The minimum atomic E-state index is -0.136. The van der Waals surface area contributed by atoms with Crippen LogP contribution in [0.25, 0.3) is 22.2 Å². The quantitative estimate of drug-likeness (QED) is 0.681. The molecule has 0 aliphatic carbocycles. The minimum Gasteiger partial charge on any atom is -0.371 e. The first-order valence-electron chi connectivity index (χ1n) is 10.2. The summed E-state index contributed by atoms with van der Waals surface area (Å²) in [4.78, 5) is 16.9. The number of rotatable bonds is 2. The number of aromatic nitrogens is 3. The summed E-state index contributed by atoms with van der Waals surface area (Å²) in [7, 11) is 2.16. The van der Waals surface area contributed by atoms with Gasteiger partial charge in [0.1, 0.15) is 22.9 Å². The van der Waals surface area contributed by atoms with Crippen molar-refractivity contribution >= 4 is 28.5 Å². The van der Waals surface area contributed by atoms with Gasteiger partial charge in [-0.3, -0.25) is 0 Å². The van der Waals surface area contributed by atoms with E-state index in [1.165, 1.54) is 0 Å². The van der Waals surface area contributed by atoms with E-state index in [0.717, 1.165) is 61.4 Å². The third-order valence-electron chi connectivity index (χ3n) is 6.25. The third kappa shape index (κ3) is 3.31. The summed E-state index contributed by atoms with van der Waals surface area (Å²) in [6, 6.07) is 9.67. The van der Waals surface area contributed by atoms with Gasteiger partial charge >= 0.3 is 0 Å². The number of piperidine rings is 1. The smallest absolute Gasteiger partial charge is 0.144 e. The SMILES string of the molecule is CN1CCC2(CC1)CN(c1ncnc3[nH]c(Cl)c(-c4cccc(C#N)c4)c13)CCO2. The number of fused-ring (bicyclic) bond motifs is 1. The molecule has 0 bridgehead atoms. The second kappa shape index (κ2) is 7.55. The van der Waals surface area contributed by atoms with Crippen LogP contribution in [0.1, 0.15) is 18.4 Å². The van der Waals surface area contributed by atoms with E-state index in [1.807, 2.05) is 18.2 Å². The van der Waals surface area contributed by atoms with Gasteiger partial charge in [-0.05, 0) is 37.6 Å². The minimum absolute atomic E-state index is 0.136. The molecule has 2 aliphatic rings. The lowest BCUT2D eigenvalue weighted by molar-refractivity contribution is -0.0884. The van der Waals surface area contributed by atoms with Crippen LogP contribution >= 0.6 is 11.6 Å². The fourth-order valence-corrected chi connectivity index (χ4v) is 4.88. The number of anilines is 1. The Balaban J connectivity index is 1.59. The highest BCUT2D eigenvalue weighted by Crippen LogP contribution is 2.41. The summed E-state index contributed by atoms with van der Waals surface area (Å²) in [5.74, 6) is 0.863. The van der Waals surface area contributed by atoms with Crippen LogP contribution in [-0.2, 0) is 4.74 Å². The average Bonchev–Trinajstić information content (AvgIpc) is 3.12. The summed E-state index contributed by atoms with van der Waals surface area (Å²) in [6.07, 6.45) is 3.61. The number of nitrogens with one attached hydrogen (secondary N) is 1. The number of hydrogen-bond donors (Lipinski definition) is 1. The summed E-state index contributed by atoms with van der Waals surface area (Å²) < 4.78 is 6.29. The van der Waals surface area contributed by atoms with Gasteiger partial charge in [-0.15, -0.1) is 0 Å². The fourth-order valence-electron chi connectivity index (χ4n) is 4.59. The first-order valence-corrected chi connectivity index (χ1v) is 10.6. The van der Waals surface area contributed by atoms with Crippen LogP contribution < -0.4 is 4.90 Å². The number of morpholine rings is 1. The summed E-state index contributed by atoms with van der Waals surface area (Å²) in [5.41, 5.74) is 2.87. The number of ether oxygens (including phenoxy) is 1. The predicted octanol–water partition coefficient (Wildman–Crippen LogP) is 3.45.